The average molecular weight is 484 g/mol. The lowest BCUT2D eigenvalue weighted by Crippen LogP contribution is -2.42. The standard InChI is InChI=1S/C18H36N4O3.HI/c1-18(2,3)25-17(23)22-13-12-21-16(19-4)20-11-8-14-24-15-9-6-5-7-10-15;/h15H,5-14H2,1-4H3,(H,22,23)(H2,19,20,21);1H. The molecule has 0 aromatic heterocycles. The highest BCUT2D eigenvalue weighted by molar-refractivity contribution is 14.0. The molecule has 0 spiro atoms. The first-order chi connectivity index (χ1) is 11.9. The molecule has 154 valence electrons. The summed E-state index contributed by atoms with van der Waals surface area (Å²) in [6, 6.07) is 0. The van der Waals surface area contributed by atoms with Crippen LogP contribution in [-0.4, -0.2) is 57.0 Å². The second-order valence-corrected chi connectivity index (χ2v) is 7.34. The fourth-order valence-electron chi connectivity index (χ4n) is 2.64. The van der Waals surface area contributed by atoms with E-state index >= 15 is 0 Å². The van der Waals surface area contributed by atoms with Gasteiger partial charge in [0.15, 0.2) is 5.96 Å². The number of guanidine groups is 1. The SMILES string of the molecule is CN=C(NCCCOC1CCCCC1)NCCNC(=O)OC(C)(C)C.I. The fourth-order valence-corrected chi connectivity index (χ4v) is 2.64. The molecule has 0 aliphatic heterocycles. The van der Waals surface area contributed by atoms with Gasteiger partial charge < -0.3 is 25.4 Å². The maximum absolute atomic E-state index is 11.5. The van der Waals surface area contributed by atoms with Gasteiger partial charge in [0.1, 0.15) is 5.60 Å². The van der Waals surface area contributed by atoms with Gasteiger partial charge in [-0.2, -0.15) is 0 Å². The first-order valence-electron chi connectivity index (χ1n) is 9.43. The Bertz CT molecular complexity index is 408. The monoisotopic (exact) mass is 484 g/mol. The first-order valence-corrected chi connectivity index (χ1v) is 9.43. The zero-order valence-electron chi connectivity index (χ0n) is 16.7. The lowest BCUT2D eigenvalue weighted by molar-refractivity contribution is 0.0277. The third-order valence-corrected chi connectivity index (χ3v) is 3.83. The van der Waals surface area contributed by atoms with Crippen LogP contribution < -0.4 is 16.0 Å². The van der Waals surface area contributed by atoms with Gasteiger partial charge in [-0.15, -0.1) is 24.0 Å². The number of hydrogen-bond donors (Lipinski definition) is 3. The van der Waals surface area contributed by atoms with Crippen molar-refractivity contribution >= 4 is 36.0 Å². The number of alkyl carbamates (subject to hydrolysis) is 1. The molecule has 1 saturated carbocycles. The second-order valence-electron chi connectivity index (χ2n) is 7.34. The minimum Gasteiger partial charge on any atom is -0.444 e. The number of amides is 1. The van der Waals surface area contributed by atoms with Crippen LogP contribution >= 0.6 is 24.0 Å². The van der Waals surface area contributed by atoms with Crippen molar-refractivity contribution in [2.45, 2.75) is 71.0 Å². The Labute approximate surface area is 175 Å². The molecule has 0 saturated heterocycles. The molecule has 0 atom stereocenters. The Morgan fingerprint density at radius 2 is 1.65 bits per heavy atom. The van der Waals surface area contributed by atoms with Gasteiger partial charge in [0.05, 0.1) is 6.10 Å². The van der Waals surface area contributed by atoms with Gasteiger partial charge in [0.25, 0.3) is 0 Å². The van der Waals surface area contributed by atoms with Crippen molar-refractivity contribution in [2.24, 2.45) is 4.99 Å². The number of nitrogens with one attached hydrogen (secondary N) is 3. The molecule has 0 radical (unpaired) electrons. The molecule has 1 aliphatic rings. The normalized spacial score (nSPS) is 15.8. The molecule has 0 heterocycles. The molecule has 1 fully saturated rings. The van der Waals surface area contributed by atoms with Gasteiger partial charge in [0, 0.05) is 33.3 Å². The van der Waals surface area contributed by atoms with Gasteiger partial charge in [-0.3, -0.25) is 4.99 Å². The molecule has 1 aliphatic carbocycles. The van der Waals surface area contributed by atoms with Crippen molar-refractivity contribution < 1.29 is 14.3 Å². The second kappa shape index (κ2) is 14.3. The van der Waals surface area contributed by atoms with Crippen LogP contribution in [-0.2, 0) is 9.47 Å². The molecule has 3 N–H and O–H groups in total. The molecule has 1 amide bonds. The lowest BCUT2D eigenvalue weighted by atomic mass is 9.98. The van der Waals surface area contributed by atoms with Crippen LogP contribution in [0, 0.1) is 0 Å². The zero-order valence-corrected chi connectivity index (χ0v) is 19.1. The third-order valence-electron chi connectivity index (χ3n) is 3.83. The summed E-state index contributed by atoms with van der Waals surface area (Å²) in [5, 5.41) is 9.11. The number of aliphatic imine (C=N–C) groups is 1. The minimum absolute atomic E-state index is 0. The van der Waals surface area contributed by atoms with Gasteiger partial charge >= 0.3 is 6.09 Å². The summed E-state index contributed by atoms with van der Waals surface area (Å²) in [7, 11) is 1.73. The topological polar surface area (TPSA) is 84.0 Å². The molecule has 0 bridgehead atoms. The number of nitrogens with zero attached hydrogens (tertiary/aromatic N) is 1. The van der Waals surface area contributed by atoms with E-state index in [-0.39, 0.29) is 24.0 Å². The van der Waals surface area contributed by atoms with E-state index in [2.05, 4.69) is 20.9 Å². The molecular weight excluding hydrogens is 447 g/mol. The van der Waals surface area contributed by atoms with E-state index in [1.807, 2.05) is 20.8 Å². The van der Waals surface area contributed by atoms with Gasteiger partial charge in [-0.1, -0.05) is 19.3 Å². The van der Waals surface area contributed by atoms with E-state index < -0.39 is 11.7 Å². The van der Waals surface area contributed by atoms with E-state index in [1.165, 1.54) is 32.1 Å². The summed E-state index contributed by atoms with van der Waals surface area (Å²) in [5.74, 6) is 0.726. The minimum atomic E-state index is -0.477. The summed E-state index contributed by atoms with van der Waals surface area (Å²) in [4.78, 5) is 15.7. The quantitative estimate of drug-likeness (QED) is 0.214. The first kappa shape index (κ1) is 25.2. The predicted molar refractivity (Wildman–Crippen MR) is 116 cm³/mol. The largest absolute Gasteiger partial charge is 0.444 e. The number of halogens is 1. The number of carbonyl (C=O) groups is 1. The van der Waals surface area contributed by atoms with Crippen LogP contribution in [0.5, 0.6) is 0 Å². The summed E-state index contributed by atoms with van der Waals surface area (Å²) in [5.41, 5.74) is -0.477. The molecule has 0 aromatic rings. The number of ether oxygens (including phenoxy) is 2. The highest BCUT2D eigenvalue weighted by atomic mass is 127. The van der Waals surface area contributed by atoms with Crippen molar-refractivity contribution in [1.82, 2.24) is 16.0 Å². The molecule has 1 rings (SSSR count). The Kier molecular flexibility index (Phi) is 13.9. The van der Waals surface area contributed by atoms with Crippen LogP contribution in [0.1, 0.15) is 59.3 Å². The van der Waals surface area contributed by atoms with Crippen molar-refractivity contribution in [3.63, 3.8) is 0 Å². The Balaban J connectivity index is 0.00000625. The maximum atomic E-state index is 11.5. The van der Waals surface area contributed by atoms with E-state index in [9.17, 15) is 4.79 Å². The van der Waals surface area contributed by atoms with Crippen molar-refractivity contribution in [2.75, 3.05) is 33.3 Å². The summed E-state index contributed by atoms with van der Waals surface area (Å²) in [6.45, 7) is 8.18. The number of rotatable bonds is 8. The summed E-state index contributed by atoms with van der Waals surface area (Å²) < 4.78 is 11.1. The molecule has 0 unspecified atom stereocenters. The fraction of sp³-hybridized carbons (Fsp3) is 0.889. The van der Waals surface area contributed by atoms with Crippen LogP contribution in [0.4, 0.5) is 4.79 Å². The van der Waals surface area contributed by atoms with Gasteiger partial charge in [0.2, 0.25) is 0 Å². The molecule has 7 nitrogen and oxygen atoms in total. The third kappa shape index (κ3) is 13.4. The Hall–Kier alpha value is -0.770. The van der Waals surface area contributed by atoms with E-state index in [0.717, 1.165) is 25.5 Å². The Morgan fingerprint density at radius 3 is 2.27 bits per heavy atom. The van der Waals surface area contributed by atoms with Gasteiger partial charge in [-0.05, 0) is 40.0 Å². The van der Waals surface area contributed by atoms with Crippen LogP contribution in [0.3, 0.4) is 0 Å². The molecular formula is C18H37IN4O3. The predicted octanol–water partition coefficient (Wildman–Crippen LogP) is 3.03. The zero-order chi connectivity index (χ0) is 18.5. The van der Waals surface area contributed by atoms with E-state index in [1.54, 1.807) is 7.05 Å². The smallest absolute Gasteiger partial charge is 0.407 e. The van der Waals surface area contributed by atoms with E-state index in [0.29, 0.717) is 19.2 Å². The van der Waals surface area contributed by atoms with Crippen molar-refractivity contribution in [3.8, 4) is 0 Å². The van der Waals surface area contributed by atoms with Crippen molar-refractivity contribution in [3.05, 3.63) is 0 Å². The number of hydrogen-bond acceptors (Lipinski definition) is 4. The lowest BCUT2D eigenvalue weighted by Gasteiger charge is -2.22. The van der Waals surface area contributed by atoms with E-state index in [4.69, 9.17) is 9.47 Å². The van der Waals surface area contributed by atoms with Crippen LogP contribution in [0.2, 0.25) is 0 Å². The summed E-state index contributed by atoms with van der Waals surface area (Å²) >= 11 is 0. The van der Waals surface area contributed by atoms with Crippen molar-refractivity contribution in [1.29, 1.82) is 0 Å². The maximum Gasteiger partial charge on any atom is 0.407 e. The average Bonchev–Trinajstić information content (AvgIpc) is 2.55. The highest BCUT2D eigenvalue weighted by Crippen LogP contribution is 2.20. The van der Waals surface area contributed by atoms with Gasteiger partial charge in [-0.25, -0.2) is 4.79 Å². The Morgan fingerprint density at radius 1 is 1.04 bits per heavy atom. The molecule has 26 heavy (non-hydrogen) atoms. The molecule has 0 aromatic carbocycles. The highest BCUT2D eigenvalue weighted by Gasteiger charge is 2.15. The molecule has 8 heteroatoms. The number of carbonyl (C=O) groups excluding carboxylic acids is 1. The van der Waals surface area contributed by atoms with Crippen LogP contribution in [0.15, 0.2) is 4.99 Å². The summed E-state index contributed by atoms with van der Waals surface area (Å²) in [6.07, 6.45) is 7.39. The van der Waals surface area contributed by atoms with Crippen LogP contribution in [0.25, 0.3) is 0 Å².